The zero-order valence-electron chi connectivity index (χ0n) is 33.3. The maximum absolute atomic E-state index is 5.15. The Kier molecular flexibility index (Phi) is 9.99. The van der Waals surface area contributed by atoms with Gasteiger partial charge in [-0.3, -0.25) is 4.99 Å². The molecule has 0 aliphatic heterocycles. The van der Waals surface area contributed by atoms with Crippen molar-refractivity contribution < 1.29 is 0 Å². The summed E-state index contributed by atoms with van der Waals surface area (Å²) in [5, 5.41) is 0. The van der Waals surface area contributed by atoms with Crippen LogP contribution in [0.5, 0.6) is 0 Å². The number of hydrogen-bond donors (Lipinski definition) is 0. The number of benzene rings is 6. The van der Waals surface area contributed by atoms with Gasteiger partial charge < -0.3 is 0 Å². The average Bonchev–Trinajstić information content (AvgIpc) is 3.46. The molecule has 0 unspecified atom stereocenters. The lowest BCUT2D eigenvalue weighted by atomic mass is 9.79. The lowest BCUT2D eigenvalue weighted by Gasteiger charge is -2.24. The summed E-state index contributed by atoms with van der Waals surface area (Å²) in [6.45, 7) is 16.2. The van der Waals surface area contributed by atoms with Crippen LogP contribution >= 0.6 is 0 Å². The number of aliphatic imine (C=N–C) groups is 2. The highest BCUT2D eigenvalue weighted by molar-refractivity contribution is 6.16. The third kappa shape index (κ3) is 7.32. The van der Waals surface area contributed by atoms with Gasteiger partial charge in [-0.1, -0.05) is 193 Å². The Morgan fingerprint density at radius 2 is 1.27 bits per heavy atom. The van der Waals surface area contributed by atoms with Gasteiger partial charge in [-0.2, -0.15) is 0 Å². The molecular formula is C54H50N2. The summed E-state index contributed by atoms with van der Waals surface area (Å²) in [4.78, 5) is 10.3. The van der Waals surface area contributed by atoms with Crippen LogP contribution < -0.4 is 0 Å². The first-order valence-electron chi connectivity index (χ1n) is 19.9. The molecule has 8 rings (SSSR count). The van der Waals surface area contributed by atoms with Crippen molar-refractivity contribution in [3.8, 4) is 33.4 Å². The number of allylic oxidation sites excluding steroid dienone is 5. The van der Waals surface area contributed by atoms with E-state index < -0.39 is 0 Å². The van der Waals surface area contributed by atoms with Crippen molar-refractivity contribution in [2.75, 3.05) is 0 Å². The zero-order chi connectivity index (χ0) is 38.9. The van der Waals surface area contributed by atoms with Gasteiger partial charge in [0.05, 0.1) is 12.3 Å². The monoisotopic (exact) mass is 726 g/mol. The SMILES string of the molecule is C=C/C(=N\C(=N/Cc1ccc(-c2ccc3c(c2)C(C)(C)C2=C3CCC=C2)cc1)c1ccc(-c2ccc(-c3ccccc3)c(C(C)(C)C)c2)cc1)c1ccccc1. The van der Waals surface area contributed by atoms with Crippen LogP contribution in [0.25, 0.3) is 39.0 Å². The Balaban J connectivity index is 1.09. The van der Waals surface area contributed by atoms with E-state index in [1.54, 1.807) is 0 Å². The molecule has 0 saturated heterocycles. The second-order valence-corrected chi connectivity index (χ2v) is 16.6. The van der Waals surface area contributed by atoms with Crippen LogP contribution in [-0.4, -0.2) is 11.5 Å². The van der Waals surface area contributed by atoms with Gasteiger partial charge in [0.1, 0.15) is 0 Å². The zero-order valence-corrected chi connectivity index (χ0v) is 33.3. The molecular weight excluding hydrogens is 677 g/mol. The van der Waals surface area contributed by atoms with Gasteiger partial charge in [-0.05, 0) is 97.2 Å². The minimum atomic E-state index is -0.0147. The van der Waals surface area contributed by atoms with Crippen molar-refractivity contribution in [1.29, 1.82) is 0 Å². The fourth-order valence-electron chi connectivity index (χ4n) is 8.32. The summed E-state index contributed by atoms with van der Waals surface area (Å²) in [6.07, 6.45) is 8.76. The third-order valence-electron chi connectivity index (χ3n) is 11.4. The standard InChI is InChI=1S/C54H50N2/c1-7-51(41-18-12-9-13-19-41)56-52(42-28-26-39(27-29-42)43-30-32-45(40-16-10-8-11-17-40)49(34-43)53(2,3)4)55-36-37-22-24-38(25-23-37)44-31-33-47-46-20-14-15-21-48(46)54(5,6)50(47)35-44/h7-13,15-19,21-35H,1,14,20,36H2,2-6H3/b55-52-,56-51+. The van der Waals surface area contributed by atoms with E-state index in [9.17, 15) is 0 Å². The topological polar surface area (TPSA) is 24.7 Å². The molecule has 0 atom stereocenters. The van der Waals surface area contributed by atoms with E-state index in [1.807, 2.05) is 24.3 Å². The van der Waals surface area contributed by atoms with Crippen molar-refractivity contribution in [1.82, 2.24) is 0 Å². The summed E-state index contributed by atoms with van der Waals surface area (Å²) >= 11 is 0. The van der Waals surface area contributed by atoms with E-state index in [0.29, 0.717) is 12.4 Å². The molecule has 0 radical (unpaired) electrons. The maximum atomic E-state index is 5.15. The Morgan fingerprint density at radius 3 is 1.93 bits per heavy atom. The van der Waals surface area contributed by atoms with Crippen molar-refractivity contribution >= 4 is 17.1 Å². The summed E-state index contributed by atoms with van der Waals surface area (Å²) in [5.74, 6) is 0.681. The molecule has 0 N–H and O–H groups in total. The molecule has 0 fully saturated rings. The molecule has 2 nitrogen and oxygen atoms in total. The highest BCUT2D eigenvalue weighted by Gasteiger charge is 2.37. The lowest BCUT2D eigenvalue weighted by molar-refractivity contribution is 0.592. The van der Waals surface area contributed by atoms with E-state index in [2.05, 4.69) is 181 Å². The van der Waals surface area contributed by atoms with Crippen LogP contribution in [0.3, 0.4) is 0 Å². The summed E-state index contributed by atoms with van der Waals surface area (Å²) in [5.41, 5.74) is 18.4. The maximum Gasteiger partial charge on any atom is 0.155 e. The molecule has 0 aromatic heterocycles. The Morgan fingerprint density at radius 1 is 0.661 bits per heavy atom. The highest BCUT2D eigenvalue weighted by atomic mass is 14.9. The smallest absolute Gasteiger partial charge is 0.155 e. The average molecular weight is 727 g/mol. The molecule has 0 heterocycles. The van der Waals surface area contributed by atoms with Gasteiger partial charge in [0.2, 0.25) is 0 Å². The molecule has 6 aromatic carbocycles. The number of nitrogens with zero attached hydrogens (tertiary/aromatic N) is 2. The van der Waals surface area contributed by atoms with Crippen molar-refractivity contribution in [2.45, 2.75) is 64.8 Å². The van der Waals surface area contributed by atoms with Gasteiger partial charge in [0, 0.05) is 16.5 Å². The van der Waals surface area contributed by atoms with Crippen LogP contribution in [0.4, 0.5) is 0 Å². The van der Waals surface area contributed by atoms with Crippen molar-refractivity contribution in [3.05, 3.63) is 209 Å². The number of hydrogen-bond acceptors (Lipinski definition) is 1. The fourth-order valence-corrected chi connectivity index (χ4v) is 8.32. The minimum Gasteiger partial charge on any atom is -0.261 e. The Hall–Kier alpha value is -6.12. The van der Waals surface area contributed by atoms with Crippen LogP contribution in [0.1, 0.15) is 80.8 Å². The number of fused-ring (bicyclic) bond motifs is 2. The molecule has 56 heavy (non-hydrogen) atoms. The first-order valence-corrected chi connectivity index (χ1v) is 19.9. The first kappa shape index (κ1) is 36.8. The molecule has 0 spiro atoms. The normalized spacial score (nSPS) is 15.1. The molecule has 276 valence electrons. The molecule has 2 aliphatic carbocycles. The van der Waals surface area contributed by atoms with Crippen LogP contribution in [0, 0.1) is 0 Å². The Labute approximate surface area is 333 Å². The van der Waals surface area contributed by atoms with Gasteiger partial charge in [0.15, 0.2) is 5.84 Å². The van der Waals surface area contributed by atoms with E-state index >= 15 is 0 Å². The van der Waals surface area contributed by atoms with Crippen molar-refractivity contribution in [3.63, 3.8) is 0 Å². The summed E-state index contributed by atoms with van der Waals surface area (Å²) < 4.78 is 0. The molecule has 2 heteroatoms. The number of amidine groups is 1. The molecule has 0 bridgehead atoms. The van der Waals surface area contributed by atoms with Crippen molar-refractivity contribution in [2.24, 2.45) is 9.98 Å². The van der Waals surface area contributed by atoms with Crippen LogP contribution in [-0.2, 0) is 17.4 Å². The van der Waals surface area contributed by atoms with Gasteiger partial charge >= 0.3 is 0 Å². The molecule has 6 aromatic rings. The van der Waals surface area contributed by atoms with Gasteiger partial charge in [0.25, 0.3) is 0 Å². The third-order valence-corrected chi connectivity index (χ3v) is 11.4. The first-order chi connectivity index (χ1) is 27.1. The minimum absolute atomic E-state index is 0.0147. The second kappa shape index (κ2) is 15.2. The Bertz CT molecular complexity index is 2520. The lowest BCUT2D eigenvalue weighted by Crippen LogP contribution is -2.16. The molecule has 0 amide bonds. The van der Waals surface area contributed by atoms with Crippen LogP contribution in [0.15, 0.2) is 186 Å². The van der Waals surface area contributed by atoms with E-state index in [-0.39, 0.29) is 10.8 Å². The van der Waals surface area contributed by atoms with E-state index in [4.69, 9.17) is 9.98 Å². The predicted octanol–water partition coefficient (Wildman–Crippen LogP) is 14.0. The van der Waals surface area contributed by atoms with Crippen LogP contribution in [0.2, 0.25) is 0 Å². The van der Waals surface area contributed by atoms with Gasteiger partial charge in [-0.25, -0.2) is 4.99 Å². The fraction of sp³-hybridized carbons (Fsp3) is 0.185. The highest BCUT2D eigenvalue weighted by Crippen LogP contribution is 2.50. The molecule has 2 aliphatic rings. The van der Waals surface area contributed by atoms with E-state index in [0.717, 1.165) is 40.8 Å². The summed E-state index contributed by atoms with van der Waals surface area (Å²) in [7, 11) is 0. The van der Waals surface area contributed by atoms with Gasteiger partial charge in [-0.15, -0.1) is 0 Å². The van der Waals surface area contributed by atoms with E-state index in [1.165, 1.54) is 55.7 Å². The predicted molar refractivity (Wildman–Crippen MR) is 240 cm³/mol. The largest absolute Gasteiger partial charge is 0.261 e. The summed E-state index contributed by atoms with van der Waals surface area (Å²) in [6, 6.07) is 52.3. The number of rotatable bonds is 8. The second-order valence-electron chi connectivity index (χ2n) is 16.6. The molecule has 0 saturated carbocycles. The quantitative estimate of drug-likeness (QED) is 0.110.